The van der Waals surface area contributed by atoms with Gasteiger partial charge in [-0.25, -0.2) is 0 Å². The number of ether oxygens (including phenoxy) is 1. The molecule has 0 aliphatic heterocycles. The van der Waals surface area contributed by atoms with Crippen molar-refractivity contribution in [2.75, 3.05) is 6.54 Å². The lowest BCUT2D eigenvalue weighted by molar-refractivity contribution is -0.120. The van der Waals surface area contributed by atoms with E-state index in [9.17, 15) is 9.59 Å². The minimum atomic E-state index is -0.278. The highest BCUT2D eigenvalue weighted by Gasteiger charge is 2.09. The molecule has 110 valence electrons. The predicted octanol–water partition coefficient (Wildman–Crippen LogP) is 1.73. The normalized spacial score (nSPS) is 10.5. The second kappa shape index (κ2) is 7.53. The maximum atomic E-state index is 11.8. The summed E-state index contributed by atoms with van der Waals surface area (Å²) in [5.74, 6) is 0.238. The van der Waals surface area contributed by atoms with Crippen molar-refractivity contribution in [2.45, 2.75) is 39.8 Å². The fraction of sp³-hybridized carbons (Fsp3) is 0.467. The molecule has 2 amide bonds. The largest absolute Gasteiger partial charge is 0.491 e. The van der Waals surface area contributed by atoms with Gasteiger partial charge in [0.25, 0.3) is 5.91 Å². The monoisotopic (exact) mass is 278 g/mol. The van der Waals surface area contributed by atoms with Crippen molar-refractivity contribution in [3.05, 3.63) is 29.8 Å². The van der Waals surface area contributed by atoms with Gasteiger partial charge in [0.2, 0.25) is 5.91 Å². The lowest BCUT2D eigenvalue weighted by Gasteiger charge is -2.11. The zero-order valence-corrected chi connectivity index (χ0v) is 12.4. The van der Waals surface area contributed by atoms with E-state index in [1.54, 1.807) is 24.3 Å². The highest BCUT2D eigenvalue weighted by atomic mass is 16.5. The van der Waals surface area contributed by atoms with Gasteiger partial charge in [-0.05, 0) is 52.0 Å². The third-order valence-electron chi connectivity index (χ3n) is 2.35. The number of rotatable bonds is 6. The van der Waals surface area contributed by atoms with E-state index >= 15 is 0 Å². The van der Waals surface area contributed by atoms with Gasteiger partial charge in [-0.15, -0.1) is 0 Å². The molecule has 1 aromatic rings. The molecule has 0 saturated heterocycles. The molecule has 2 N–H and O–H groups in total. The number of nitrogens with one attached hydrogen (secondary N) is 2. The van der Waals surface area contributed by atoms with E-state index in [2.05, 4.69) is 10.6 Å². The molecule has 5 heteroatoms. The second-order valence-electron chi connectivity index (χ2n) is 5.10. The van der Waals surface area contributed by atoms with E-state index < -0.39 is 0 Å². The number of amides is 2. The zero-order valence-electron chi connectivity index (χ0n) is 12.4. The first-order valence-corrected chi connectivity index (χ1v) is 6.72. The summed E-state index contributed by atoms with van der Waals surface area (Å²) in [4.78, 5) is 23.3. The number of benzene rings is 1. The third kappa shape index (κ3) is 5.73. The van der Waals surface area contributed by atoms with Crippen LogP contribution in [0.15, 0.2) is 24.3 Å². The van der Waals surface area contributed by atoms with E-state index in [0.29, 0.717) is 11.3 Å². The Morgan fingerprint density at radius 3 is 2.20 bits per heavy atom. The summed E-state index contributed by atoms with van der Waals surface area (Å²) in [6, 6.07) is 6.89. The molecule has 0 fully saturated rings. The van der Waals surface area contributed by atoms with Gasteiger partial charge in [0, 0.05) is 11.6 Å². The minimum Gasteiger partial charge on any atom is -0.491 e. The Bertz CT molecular complexity index is 453. The van der Waals surface area contributed by atoms with Crippen LogP contribution >= 0.6 is 0 Å². The number of hydrogen-bond acceptors (Lipinski definition) is 3. The maximum absolute atomic E-state index is 11.8. The summed E-state index contributed by atoms with van der Waals surface area (Å²) >= 11 is 0. The van der Waals surface area contributed by atoms with Crippen molar-refractivity contribution in [3.63, 3.8) is 0 Å². The van der Waals surface area contributed by atoms with Crippen molar-refractivity contribution >= 4 is 11.8 Å². The Morgan fingerprint density at radius 1 is 1.10 bits per heavy atom. The fourth-order valence-electron chi connectivity index (χ4n) is 1.59. The molecule has 0 bridgehead atoms. The minimum absolute atomic E-state index is 0.0265. The van der Waals surface area contributed by atoms with Crippen LogP contribution in [-0.2, 0) is 4.79 Å². The number of carbonyl (C=O) groups excluding carboxylic acids is 2. The van der Waals surface area contributed by atoms with Gasteiger partial charge in [0.05, 0.1) is 12.6 Å². The van der Waals surface area contributed by atoms with Crippen molar-refractivity contribution in [2.24, 2.45) is 0 Å². The van der Waals surface area contributed by atoms with Gasteiger partial charge in [0.15, 0.2) is 0 Å². The summed E-state index contributed by atoms with van der Waals surface area (Å²) in [6.07, 6.45) is 0.0920. The van der Waals surface area contributed by atoms with Crippen LogP contribution in [0.2, 0.25) is 0 Å². The quantitative estimate of drug-likeness (QED) is 0.832. The average Bonchev–Trinajstić information content (AvgIpc) is 2.35. The van der Waals surface area contributed by atoms with Crippen LogP contribution in [0.1, 0.15) is 38.1 Å². The Hall–Kier alpha value is -2.04. The van der Waals surface area contributed by atoms with Crippen molar-refractivity contribution in [1.29, 1.82) is 0 Å². The van der Waals surface area contributed by atoms with Crippen molar-refractivity contribution in [1.82, 2.24) is 10.6 Å². The zero-order chi connectivity index (χ0) is 15.1. The van der Waals surface area contributed by atoms with Gasteiger partial charge in [-0.2, -0.15) is 0 Å². The van der Waals surface area contributed by atoms with E-state index in [1.165, 1.54) is 0 Å². The van der Waals surface area contributed by atoms with E-state index in [1.807, 2.05) is 27.7 Å². The van der Waals surface area contributed by atoms with Gasteiger partial charge < -0.3 is 15.4 Å². The molecule has 0 heterocycles. The lowest BCUT2D eigenvalue weighted by Crippen LogP contribution is -2.39. The highest BCUT2D eigenvalue weighted by Crippen LogP contribution is 2.13. The second-order valence-corrected chi connectivity index (χ2v) is 5.10. The van der Waals surface area contributed by atoms with Crippen molar-refractivity contribution in [3.8, 4) is 5.75 Å². The van der Waals surface area contributed by atoms with E-state index in [-0.39, 0.29) is 30.5 Å². The Balaban J connectivity index is 2.49. The fourth-order valence-corrected chi connectivity index (χ4v) is 1.59. The van der Waals surface area contributed by atoms with Crippen LogP contribution < -0.4 is 15.4 Å². The van der Waals surface area contributed by atoms with Crippen LogP contribution in [0.5, 0.6) is 5.75 Å². The smallest absolute Gasteiger partial charge is 0.251 e. The van der Waals surface area contributed by atoms with Crippen LogP contribution in [0.4, 0.5) is 0 Å². The SMILES string of the molecule is CC(C)NC(=O)CNC(=O)c1ccc(OC(C)C)cc1. The molecule has 0 spiro atoms. The first-order valence-electron chi connectivity index (χ1n) is 6.72. The van der Waals surface area contributed by atoms with Gasteiger partial charge in [-0.3, -0.25) is 9.59 Å². The van der Waals surface area contributed by atoms with Crippen LogP contribution in [-0.4, -0.2) is 30.5 Å². The number of hydrogen-bond donors (Lipinski definition) is 2. The van der Waals surface area contributed by atoms with E-state index in [4.69, 9.17) is 4.74 Å². The third-order valence-corrected chi connectivity index (χ3v) is 2.35. The molecular formula is C15H22N2O3. The van der Waals surface area contributed by atoms with Gasteiger partial charge in [0.1, 0.15) is 5.75 Å². The van der Waals surface area contributed by atoms with Crippen LogP contribution in [0.25, 0.3) is 0 Å². The molecule has 0 saturated carbocycles. The molecule has 0 atom stereocenters. The van der Waals surface area contributed by atoms with Crippen molar-refractivity contribution < 1.29 is 14.3 Å². The molecule has 0 unspecified atom stereocenters. The maximum Gasteiger partial charge on any atom is 0.251 e. The number of carbonyl (C=O) groups is 2. The summed E-state index contributed by atoms with van der Waals surface area (Å²) in [6.45, 7) is 7.59. The predicted molar refractivity (Wildman–Crippen MR) is 77.8 cm³/mol. The molecule has 1 rings (SSSR count). The molecule has 1 aromatic carbocycles. The lowest BCUT2D eigenvalue weighted by atomic mass is 10.2. The molecule has 0 radical (unpaired) electrons. The summed E-state index contributed by atoms with van der Waals surface area (Å²) in [5, 5.41) is 5.28. The Labute approximate surface area is 119 Å². The molecular weight excluding hydrogens is 256 g/mol. The molecule has 0 aliphatic carbocycles. The van der Waals surface area contributed by atoms with Crippen LogP contribution in [0.3, 0.4) is 0 Å². The molecule has 5 nitrogen and oxygen atoms in total. The summed E-state index contributed by atoms with van der Waals surface area (Å²) < 4.78 is 5.50. The van der Waals surface area contributed by atoms with E-state index in [0.717, 1.165) is 0 Å². The molecule has 0 aliphatic rings. The standard InChI is InChI=1S/C15H22N2O3/c1-10(2)17-14(18)9-16-15(19)12-5-7-13(8-6-12)20-11(3)4/h5-8,10-11H,9H2,1-4H3,(H,16,19)(H,17,18). The van der Waals surface area contributed by atoms with Crippen LogP contribution in [0, 0.1) is 0 Å². The Kier molecular flexibility index (Phi) is 6.03. The highest BCUT2D eigenvalue weighted by molar-refractivity contribution is 5.96. The first-order chi connectivity index (χ1) is 9.38. The van der Waals surface area contributed by atoms with Gasteiger partial charge in [-0.1, -0.05) is 0 Å². The summed E-state index contributed by atoms with van der Waals surface area (Å²) in [5.41, 5.74) is 0.499. The average molecular weight is 278 g/mol. The van der Waals surface area contributed by atoms with Gasteiger partial charge >= 0.3 is 0 Å². The topological polar surface area (TPSA) is 67.4 Å². The molecule has 0 aromatic heterocycles. The Morgan fingerprint density at radius 2 is 1.70 bits per heavy atom. The summed E-state index contributed by atoms with van der Waals surface area (Å²) in [7, 11) is 0. The molecule has 20 heavy (non-hydrogen) atoms. The first kappa shape index (κ1) is 16.0.